The van der Waals surface area contributed by atoms with Crippen LogP contribution in [0.2, 0.25) is 0 Å². The number of carbonyl (C=O) groups excluding carboxylic acids is 1. The highest BCUT2D eigenvalue weighted by Crippen LogP contribution is 2.24. The van der Waals surface area contributed by atoms with Gasteiger partial charge in [0.25, 0.3) is 5.91 Å². The van der Waals surface area contributed by atoms with Crippen LogP contribution >= 0.6 is 0 Å². The van der Waals surface area contributed by atoms with E-state index in [1.807, 2.05) is 61.5 Å². The van der Waals surface area contributed by atoms with Gasteiger partial charge in [-0.25, -0.2) is 0 Å². The minimum Gasteiger partial charge on any atom is -0.396 e. The molecule has 0 atom stereocenters. The molecule has 0 amide bonds. The first-order valence-electron chi connectivity index (χ1n) is 7.03. The normalized spacial score (nSPS) is 11.0. The van der Waals surface area contributed by atoms with Gasteiger partial charge in [0.05, 0.1) is 5.52 Å². The molecule has 0 aliphatic heterocycles. The van der Waals surface area contributed by atoms with Crippen molar-refractivity contribution in [3.05, 3.63) is 71.4 Å². The third-order valence-electron chi connectivity index (χ3n) is 3.73. The summed E-state index contributed by atoms with van der Waals surface area (Å²) in [5.74, 6) is -0.0238. The number of aromatic nitrogens is 1. The zero-order valence-corrected chi connectivity index (χ0v) is 11.9. The number of hydrogen-bond donors (Lipinski definition) is 1. The Balaban J connectivity index is 2.17. The van der Waals surface area contributed by atoms with E-state index in [0.717, 1.165) is 22.2 Å². The fourth-order valence-electron chi connectivity index (χ4n) is 2.74. The third-order valence-corrected chi connectivity index (χ3v) is 3.73. The highest BCUT2D eigenvalue weighted by molar-refractivity contribution is 6.03. The van der Waals surface area contributed by atoms with Gasteiger partial charge in [0, 0.05) is 23.3 Å². The third kappa shape index (κ3) is 2.36. The Morgan fingerprint density at radius 2 is 1.86 bits per heavy atom. The van der Waals surface area contributed by atoms with Crippen LogP contribution in [0.1, 0.15) is 21.6 Å². The lowest BCUT2D eigenvalue weighted by Gasteiger charge is -2.07. The summed E-state index contributed by atoms with van der Waals surface area (Å²) in [6.45, 7) is 2.04. The van der Waals surface area contributed by atoms with Crippen molar-refractivity contribution >= 4 is 16.8 Å². The average Bonchev–Trinajstić information content (AvgIpc) is 2.85. The lowest BCUT2D eigenvalue weighted by atomic mass is 10.1. The molecule has 2 aromatic carbocycles. The number of rotatable bonds is 3. The van der Waals surface area contributed by atoms with Crippen molar-refractivity contribution < 1.29 is 9.90 Å². The summed E-state index contributed by atoms with van der Waals surface area (Å²) in [5, 5.41) is 10.2. The minimum absolute atomic E-state index is 0.0238. The number of aliphatic hydroxyl groups excluding tert-OH is 1. The van der Waals surface area contributed by atoms with Gasteiger partial charge in [-0.05, 0) is 43.2 Å². The number of hydrogen-bond acceptors (Lipinski definition) is 2. The zero-order valence-electron chi connectivity index (χ0n) is 11.9. The fourth-order valence-corrected chi connectivity index (χ4v) is 2.74. The summed E-state index contributed by atoms with van der Waals surface area (Å²) in [6.07, 6.45) is 0.598. The Kier molecular flexibility index (Phi) is 3.59. The molecular weight excluding hydrogens is 262 g/mol. The van der Waals surface area contributed by atoms with Crippen molar-refractivity contribution in [3.63, 3.8) is 0 Å². The lowest BCUT2D eigenvalue weighted by Crippen LogP contribution is -2.13. The number of carbonyl (C=O) groups is 1. The first-order valence-corrected chi connectivity index (χ1v) is 7.03. The van der Waals surface area contributed by atoms with Gasteiger partial charge in [0.1, 0.15) is 0 Å². The van der Waals surface area contributed by atoms with Gasteiger partial charge >= 0.3 is 0 Å². The van der Waals surface area contributed by atoms with Gasteiger partial charge in [-0.2, -0.15) is 0 Å². The Morgan fingerprint density at radius 3 is 2.57 bits per heavy atom. The summed E-state index contributed by atoms with van der Waals surface area (Å²) in [4.78, 5) is 12.7. The second kappa shape index (κ2) is 5.54. The van der Waals surface area contributed by atoms with Crippen LogP contribution in [0, 0.1) is 6.92 Å². The van der Waals surface area contributed by atoms with E-state index in [-0.39, 0.29) is 12.5 Å². The fraction of sp³-hybridized carbons (Fsp3) is 0.167. The monoisotopic (exact) mass is 279 g/mol. The summed E-state index contributed by atoms with van der Waals surface area (Å²) < 4.78 is 1.74. The molecule has 106 valence electrons. The van der Waals surface area contributed by atoms with E-state index in [2.05, 4.69) is 0 Å². The van der Waals surface area contributed by atoms with E-state index in [1.54, 1.807) is 4.57 Å². The average molecular weight is 279 g/mol. The van der Waals surface area contributed by atoms with E-state index < -0.39 is 0 Å². The van der Waals surface area contributed by atoms with Crippen LogP contribution in [0.3, 0.4) is 0 Å². The molecule has 0 aliphatic carbocycles. The Labute approximate surface area is 123 Å². The van der Waals surface area contributed by atoms with Crippen molar-refractivity contribution in [1.82, 2.24) is 4.57 Å². The van der Waals surface area contributed by atoms with Crippen LogP contribution < -0.4 is 0 Å². The van der Waals surface area contributed by atoms with E-state index in [9.17, 15) is 4.79 Å². The predicted molar refractivity (Wildman–Crippen MR) is 83.6 cm³/mol. The quantitative estimate of drug-likeness (QED) is 0.800. The molecule has 0 fully saturated rings. The maximum atomic E-state index is 12.7. The molecule has 3 rings (SSSR count). The molecule has 3 aromatic rings. The summed E-state index contributed by atoms with van der Waals surface area (Å²) in [6, 6.07) is 17.2. The molecule has 0 spiro atoms. The minimum atomic E-state index is -0.0238. The van der Waals surface area contributed by atoms with Gasteiger partial charge in [-0.3, -0.25) is 9.36 Å². The number of benzene rings is 2. The van der Waals surface area contributed by atoms with E-state index in [0.29, 0.717) is 12.0 Å². The van der Waals surface area contributed by atoms with Crippen molar-refractivity contribution in [3.8, 4) is 0 Å². The molecule has 1 aromatic heterocycles. The van der Waals surface area contributed by atoms with Crippen LogP contribution in [0.15, 0.2) is 54.6 Å². The molecule has 0 aliphatic rings. The molecule has 3 nitrogen and oxygen atoms in total. The number of fused-ring (bicyclic) bond motifs is 1. The molecular formula is C18H17NO2. The molecule has 1 heterocycles. The number of nitrogens with zero attached hydrogens (tertiary/aromatic N) is 1. The molecule has 3 heteroatoms. The zero-order chi connectivity index (χ0) is 14.8. The molecule has 21 heavy (non-hydrogen) atoms. The van der Waals surface area contributed by atoms with Crippen LogP contribution in [0.4, 0.5) is 0 Å². The summed E-state index contributed by atoms with van der Waals surface area (Å²) in [5.41, 5.74) is 3.54. The van der Waals surface area contributed by atoms with Crippen LogP contribution in [0.25, 0.3) is 10.9 Å². The second-order valence-electron chi connectivity index (χ2n) is 5.12. The maximum absolute atomic E-state index is 12.7. The van der Waals surface area contributed by atoms with E-state index in [1.165, 1.54) is 0 Å². The topological polar surface area (TPSA) is 42.2 Å². The second-order valence-corrected chi connectivity index (χ2v) is 5.12. The molecule has 1 N–H and O–H groups in total. The number of aryl methyl sites for hydroxylation is 1. The van der Waals surface area contributed by atoms with Crippen LogP contribution in [-0.2, 0) is 6.42 Å². The smallest absolute Gasteiger partial charge is 0.262 e. The SMILES string of the molecule is Cc1cc2c(CCO)cccc2n1C(=O)c1ccccc1. The highest BCUT2D eigenvalue weighted by Gasteiger charge is 2.15. The van der Waals surface area contributed by atoms with Crippen LogP contribution in [0.5, 0.6) is 0 Å². The number of aliphatic hydroxyl groups is 1. The molecule has 0 bridgehead atoms. The first kappa shape index (κ1) is 13.6. The lowest BCUT2D eigenvalue weighted by molar-refractivity contribution is 0.0963. The van der Waals surface area contributed by atoms with Crippen molar-refractivity contribution in [2.75, 3.05) is 6.61 Å². The molecule has 0 unspecified atom stereocenters. The van der Waals surface area contributed by atoms with Crippen molar-refractivity contribution in [1.29, 1.82) is 0 Å². The molecule has 0 saturated heterocycles. The Morgan fingerprint density at radius 1 is 1.10 bits per heavy atom. The van der Waals surface area contributed by atoms with Gasteiger partial charge in [0.2, 0.25) is 0 Å². The Hall–Kier alpha value is -2.39. The van der Waals surface area contributed by atoms with Gasteiger partial charge in [-0.15, -0.1) is 0 Å². The van der Waals surface area contributed by atoms with Gasteiger partial charge < -0.3 is 5.11 Å². The standard InChI is InChI=1S/C18H17NO2/c1-13-12-16-14(10-11-20)8-5-9-17(16)19(13)18(21)15-6-3-2-4-7-15/h2-9,12,20H,10-11H2,1H3. The highest BCUT2D eigenvalue weighted by atomic mass is 16.3. The molecule has 0 radical (unpaired) electrons. The van der Waals surface area contributed by atoms with Crippen molar-refractivity contribution in [2.45, 2.75) is 13.3 Å². The largest absolute Gasteiger partial charge is 0.396 e. The predicted octanol–water partition coefficient (Wildman–Crippen LogP) is 3.17. The van der Waals surface area contributed by atoms with Gasteiger partial charge in [-0.1, -0.05) is 30.3 Å². The summed E-state index contributed by atoms with van der Waals surface area (Å²) in [7, 11) is 0. The summed E-state index contributed by atoms with van der Waals surface area (Å²) >= 11 is 0. The first-order chi connectivity index (χ1) is 10.2. The van der Waals surface area contributed by atoms with E-state index in [4.69, 9.17) is 5.11 Å². The molecule has 0 saturated carbocycles. The van der Waals surface area contributed by atoms with Crippen LogP contribution in [-0.4, -0.2) is 22.2 Å². The Bertz CT molecular complexity index is 788. The maximum Gasteiger partial charge on any atom is 0.262 e. The van der Waals surface area contributed by atoms with E-state index >= 15 is 0 Å². The van der Waals surface area contributed by atoms with Crippen molar-refractivity contribution in [2.24, 2.45) is 0 Å². The van der Waals surface area contributed by atoms with Gasteiger partial charge in [0.15, 0.2) is 0 Å².